The summed E-state index contributed by atoms with van der Waals surface area (Å²) < 4.78 is 29.3. The van der Waals surface area contributed by atoms with Crippen molar-refractivity contribution in [2.24, 2.45) is 0 Å². The average Bonchev–Trinajstić information content (AvgIpc) is 2.93. The van der Waals surface area contributed by atoms with Gasteiger partial charge in [-0.1, -0.05) is 24.3 Å². The number of benzene rings is 2. The SMILES string of the molecule is FC(F)Oc1ccccc1CNc1ccc2c(c1)CCC2. The summed E-state index contributed by atoms with van der Waals surface area (Å²) in [6.07, 6.45) is 3.49. The zero-order chi connectivity index (χ0) is 14.7. The molecule has 1 aliphatic carbocycles. The molecule has 4 heteroatoms. The highest BCUT2D eigenvalue weighted by molar-refractivity contribution is 5.51. The van der Waals surface area contributed by atoms with Crippen LogP contribution in [0, 0.1) is 0 Å². The lowest BCUT2D eigenvalue weighted by atomic mass is 10.1. The highest BCUT2D eigenvalue weighted by Gasteiger charge is 2.12. The third-order valence-electron chi connectivity index (χ3n) is 3.77. The van der Waals surface area contributed by atoms with Crippen LogP contribution in [0.4, 0.5) is 14.5 Å². The molecule has 1 N–H and O–H groups in total. The van der Waals surface area contributed by atoms with Crippen molar-refractivity contribution in [1.82, 2.24) is 0 Å². The highest BCUT2D eigenvalue weighted by Crippen LogP contribution is 2.26. The average molecular weight is 289 g/mol. The number of alkyl halides is 2. The number of para-hydroxylation sites is 1. The number of hydrogen-bond acceptors (Lipinski definition) is 2. The Hall–Kier alpha value is -2.10. The zero-order valence-electron chi connectivity index (χ0n) is 11.6. The predicted octanol–water partition coefficient (Wildman–Crippen LogP) is 4.39. The first-order chi connectivity index (χ1) is 10.2. The van der Waals surface area contributed by atoms with E-state index in [4.69, 9.17) is 0 Å². The molecule has 0 radical (unpaired) electrons. The van der Waals surface area contributed by atoms with Gasteiger partial charge >= 0.3 is 6.61 Å². The number of anilines is 1. The summed E-state index contributed by atoms with van der Waals surface area (Å²) in [7, 11) is 0. The molecular weight excluding hydrogens is 272 g/mol. The molecule has 0 heterocycles. The van der Waals surface area contributed by atoms with E-state index in [9.17, 15) is 8.78 Å². The van der Waals surface area contributed by atoms with Gasteiger partial charge in [-0.25, -0.2) is 0 Å². The highest BCUT2D eigenvalue weighted by atomic mass is 19.3. The second-order valence-electron chi connectivity index (χ2n) is 5.18. The van der Waals surface area contributed by atoms with Crippen LogP contribution in [0.1, 0.15) is 23.1 Å². The number of hydrogen-bond donors (Lipinski definition) is 1. The standard InChI is InChI=1S/C17H17F2NO/c18-17(19)21-16-7-2-1-4-14(16)11-20-15-9-8-12-5-3-6-13(12)10-15/h1-2,4,7-10,17,20H,3,5-6,11H2. The molecule has 0 amide bonds. The molecule has 0 unspecified atom stereocenters. The molecule has 0 spiro atoms. The Morgan fingerprint density at radius 2 is 1.86 bits per heavy atom. The van der Waals surface area contributed by atoms with Crippen molar-refractivity contribution in [3.05, 3.63) is 59.2 Å². The maximum absolute atomic E-state index is 12.4. The second kappa shape index (κ2) is 6.12. The molecular formula is C17H17F2NO. The van der Waals surface area contributed by atoms with Crippen molar-refractivity contribution in [3.8, 4) is 5.75 Å². The number of halogens is 2. The Kier molecular flexibility index (Phi) is 4.04. The Labute approximate surface area is 122 Å². The van der Waals surface area contributed by atoms with Gasteiger partial charge in [-0.2, -0.15) is 8.78 Å². The van der Waals surface area contributed by atoms with Gasteiger partial charge in [0.05, 0.1) is 0 Å². The number of aryl methyl sites for hydroxylation is 2. The molecule has 2 aromatic carbocycles. The maximum atomic E-state index is 12.4. The molecule has 21 heavy (non-hydrogen) atoms. The largest absolute Gasteiger partial charge is 0.434 e. The van der Waals surface area contributed by atoms with Gasteiger partial charge in [-0.05, 0) is 48.6 Å². The van der Waals surface area contributed by atoms with Gasteiger partial charge in [-0.15, -0.1) is 0 Å². The van der Waals surface area contributed by atoms with E-state index < -0.39 is 6.61 Å². The fourth-order valence-corrected chi connectivity index (χ4v) is 2.74. The van der Waals surface area contributed by atoms with Gasteiger partial charge < -0.3 is 10.1 Å². The van der Waals surface area contributed by atoms with E-state index >= 15 is 0 Å². The Balaban J connectivity index is 1.70. The quantitative estimate of drug-likeness (QED) is 0.881. The molecule has 2 aromatic rings. The first-order valence-electron chi connectivity index (χ1n) is 7.11. The van der Waals surface area contributed by atoms with Crippen LogP contribution in [0.25, 0.3) is 0 Å². The van der Waals surface area contributed by atoms with Crippen LogP contribution < -0.4 is 10.1 Å². The fourth-order valence-electron chi connectivity index (χ4n) is 2.74. The van der Waals surface area contributed by atoms with E-state index in [1.807, 2.05) is 12.1 Å². The topological polar surface area (TPSA) is 21.3 Å². The van der Waals surface area contributed by atoms with Crippen molar-refractivity contribution < 1.29 is 13.5 Å². The zero-order valence-corrected chi connectivity index (χ0v) is 11.6. The van der Waals surface area contributed by atoms with Crippen molar-refractivity contribution in [2.75, 3.05) is 5.32 Å². The molecule has 2 nitrogen and oxygen atoms in total. The van der Waals surface area contributed by atoms with E-state index in [2.05, 4.69) is 22.2 Å². The van der Waals surface area contributed by atoms with E-state index in [0.717, 1.165) is 24.1 Å². The van der Waals surface area contributed by atoms with Crippen LogP contribution in [-0.4, -0.2) is 6.61 Å². The lowest BCUT2D eigenvalue weighted by Crippen LogP contribution is -2.07. The third kappa shape index (κ3) is 3.32. The number of ether oxygens (including phenoxy) is 1. The van der Waals surface area contributed by atoms with Crippen LogP contribution in [-0.2, 0) is 19.4 Å². The van der Waals surface area contributed by atoms with Crippen molar-refractivity contribution in [2.45, 2.75) is 32.4 Å². The summed E-state index contributed by atoms with van der Waals surface area (Å²) >= 11 is 0. The number of fused-ring (bicyclic) bond motifs is 1. The Bertz CT molecular complexity index is 628. The van der Waals surface area contributed by atoms with Crippen molar-refractivity contribution >= 4 is 5.69 Å². The molecule has 0 bridgehead atoms. The molecule has 0 fully saturated rings. The molecule has 0 saturated heterocycles. The van der Waals surface area contributed by atoms with E-state index in [1.54, 1.807) is 18.2 Å². The second-order valence-corrected chi connectivity index (χ2v) is 5.18. The lowest BCUT2D eigenvalue weighted by Gasteiger charge is -2.12. The van der Waals surface area contributed by atoms with Crippen LogP contribution >= 0.6 is 0 Å². The van der Waals surface area contributed by atoms with Gasteiger partial charge in [-0.3, -0.25) is 0 Å². The van der Waals surface area contributed by atoms with Crippen LogP contribution in [0.3, 0.4) is 0 Å². The monoisotopic (exact) mass is 289 g/mol. The summed E-state index contributed by atoms with van der Waals surface area (Å²) in [5, 5.41) is 3.28. The minimum atomic E-state index is -2.80. The number of nitrogens with one attached hydrogen (secondary N) is 1. The summed E-state index contributed by atoms with van der Waals surface area (Å²) in [6.45, 7) is -2.34. The van der Waals surface area contributed by atoms with Gasteiger partial charge in [0, 0.05) is 17.8 Å². The van der Waals surface area contributed by atoms with Crippen LogP contribution in [0.2, 0.25) is 0 Å². The van der Waals surface area contributed by atoms with Crippen molar-refractivity contribution in [1.29, 1.82) is 0 Å². The van der Waals surface area contributed by atoms with E-state index in [0.29, 0.717) is 6.54 Å². The normalized spacial score (nSPS) is 13.3. The molecule has 110 valence electrons. The van der Waals surface area contributed by atoms with Gasteiger partial charge in [0.15, 0.2) is 0 Å². The molecule has 0 aromatic heterocycles. The summed E-state index contributed by atoms with van der Waals surface area (Å²) in [6, 6.07) is 13.2. The maximum Gasteiger partial charge on any atom is 0.387 e. The first-order valence-corrected chi connectivity index (χ1v) is 7.11. The van der Waals surface area contributed by atoms with E-state index in [1.165, 1.54) is 17.5 Å². The summed E-state index contributed by atoms with van der Waals surface area (Å²) in [5.74, 6) is 0.223. The molecule has 3 rings (SSSR count). The predicted molar refractivity (Wildman–Crippen MR) is 78.9 cm³/mol. The van der Waals surface area contributed by atoms with E-state index in [-0.39, 0.29) is 5.75 Å². The summed E-state index contributed by atoms with van der Waals surface area (Å²) in [5.41, 5.74) is 4.54. The summed E-state index contributed by atoms with van der Waals surface area (Å²) in [4.78, 5) is 0. The minimum absolute atomic E-state index is 0.223. The first kappa shape index (κ1) is 13.9. The smallest absolute Gasteiger partial charge is 0.387 e. The number of rotatable bonds is 5. The molecule has 1 aliphatic rings. The van der Waals surface area contributed by atoms with Crippen molar-refractivity contribution in [3.63, 3.8) is 0 Å². The van der Waals surface area contributed by atoms with Crippen LogP contribution in [0.15, 0.2) is 42.5 Å². The molecule has 0 saturated carbocycles. The lowest BCUT2D eigenvalue weighted by molar-refractivity contribution is -0.0504. The minimum Gasteiger partial charge on any atom is -0.434 e. The van der Waals surface area contributed by atoms with Gasteiger partial charge in [0.2, 0.25) is 0 Å². The molecule has 0 atom stereocenters. The third-order valence-corrected chi connectivity index (χ3v) is 3.77. The van der Waals surface area contributed by atoms with Gasteiger partial charge in [0.25, 0.3) is 0 Å². The molecule has 0 aliphatic heterocycles. The Morgan fingerprint density at radius 3 is 2.71 bits per heavy atom. The van der Waals surface area contributed by atoms with Crippen LogP contribution in [0.5, 0.6) is 5.75 Å². The van der Waals surface area contributed by atoms with Gasteiger partial charge in [0.1, 0.15) is 5.75 Å². The Morgan fingerprint density at radius 1 is 1.05 bits per heavy atom. The fraction of sp³-hybridized carbons (Fsp3) is 0.294.